The molecule has 3 atom stereocenters. The summed E-state index contributed by atoms with van der Waals surface area (Å²) in [7, 11) is 0. The Balaban J connectivity index is 2.30. The maximum Gasteiger partial charge on any atom is 0.119 e. The monoisotopic (exact) mass is 247 g/mol. The molecule has 0 saturated heterocycles. The molecule has 3 unspecified atom stereocenters. The molecule has 0 spiro atoms. The maximum atomic E-state index is 6.72. The number of rotatable bonds is 3. The van der Waals surface area contributed by atoms with Crippen LogP contribution < -0.4 is 10.5 Å². The summed E-state index contributed by atoms with van der Waals surface area (Å²) < 4.78 is 5.59. The van der Waals surface area contributed by atoms with Gasteiger partial charge in [0, 0.05) is 5.54 Å². The van der Waals surface area contributed by atoms with Crippen LogP contribution in [-0.4, -0.2) is 6.61 Å². The van der Waals surface area contributed by atoms with Crippen molar-refractivity contribution >= 4 is 0 Å². The van der Waals surface area contributed by atoms with E-state index in [1.54, 1.807) is 0 Å². The van der Waals surface area contributed by atoms with Gasteiger partial charge in [0.15, 0.2) is 0 Å². The molecule has 0 heterocycles. The van der Waals surface area contributed by atoms with Gasteiger partial charge in [-0.25, -0.2) is 0 Å². The summed E-state index contributed by atoms with van der Waals surface area (Å²) in [5, 5.41) is 0. The first-order valence-corrected chi connectivity index (χ1v) is 7.10. The first kappa shape index (κ1) is 13.4. The highest BCUT2D eigenvalue weighted by molar-refractivity contribution is 5.34. The lowest BCUT2D eigenvalue weighted by molar-refractivity contribution is 0.143. The lowest BCUT2D eigenvalue weighted by atomic mass is 9.66. The number of hydrogen-bond donors (Lipinski definition) is 1. The van der Waals surface area contributed by atoms with E-state index in [9.17, 15) is 0 Å². The van der Waals surface area contributed by atoms with Crippen LogP contribution in [0.4, 0.5) is 0 Å². The summed E-state index contributed by atoms with van der Waals surface area (Å²) in [6, 6.07) is 8.34. The SMILES string of the molecule is CCOc1cccc(C2(N)CCCC(C)C2C)c1. The molecule has 18 heavy (non-hydrogen) atoms. The van der Waals surface area contributed by atoms with Crippen LogP contribution in [0.2, 0.25) is 0 Å². The molecule has 0 amide bonds. The molecular weight excluding hydrogens is 222 g/mol. The molecule has 100 valence electrons. The van der Waals surface area contributed by atoms with Gasteiger partial charge >= 0.3 is 0 Å². The predicted molar refractivity (Wildman–Crippen MR) is 75.7 cm³/mol. The Morgan fingerprint density at radius 3 is 2.89 bits per heavy atom. The van der Waals surface area contributed by atoms with E-state index in [2.05, 4.69) is 32.0 Å². The van der Waals surface area contributed by atoms with Gasteiger partial charge in [0.2, 0.25) is 0 Å². The summed E-state index contributed by atoms with van der Waals surface area (Å²) in [4.78, 5) is 0. The molecule has 0 radical (unpaired) electrons. The molecule has 2 nitrogen and oxygen atoms in total. The minimum atomic E-state index is -0.190. The third kappa shape index (κ3) is 2.39. The van der Waals surface area contributed by atoms with E-state index >= 15 is 0 Å². The van der Waals surface area contributed by atoms with Gasteiger partial charge in [-0.15, -0.1) is 0 Å². The maximum absolute atomic E-state index is 6.72. The highest BCUT2D eigenvalue weighted by Gasteiger charge is 2.39. The van der Waals surface area contributed by atoms with E-state index in [0.717, 1.165) is 12.2 Å². The molecule has 1 aliphatic carbocycles. The minimum Gasteiger partial charge on any atom is -0.494 e. The molecule has 1 saturated carbocycles. The Morgan fingerprint density at radius 1 is 1.39 bits per heavy atom. The van der Waals surface area contributed by atoms with E-state index in [1.807, 2.05) is 13.0 Å². The van der Waals surface area contributed by atoms with Crippen molar-refractivity contribution in [3.05, 3.63) is 29.8 Å². The van der Waals surface area contributed by atoms with Gasteiger partial charge in [-0.05, 0) is 42.9 Å². The Labute approximate surface area is 111 Å². The summed E-state index contributed by atoms with van der Waals surface area (Å²) in [5.41, 5.74) is 7.76. The zero-order chi connectivity index (χ0) is 13.2. The average molecular weight is 247 g/mol. The fourth-order valence-corrected chi connectivity index (χ4v) is 3.15. The van der Waals surface area contributed by atoms with Crippen LogP contribution >= 0.6 is 0 Å². The molecule has 1 aliphatic rings. The summed E-state index contributed by atoms with van der Waals surface area (Å²) in [5.74, 6) is 2.15. The normalized spacial score (nSPS) is 32.2. The minimum absolute atomic E-state index is 0.190. The zero-order valence-corrected chi connectivity index (χ0v) is 11.8. The number of ether oxygens (including phenoxy) is 1. The molecule has 2 heteroatoms. The summed E-state index contributed by atoms with van der Waals surface area (Å²) in [6.45, 7) is 7.32. The lowest BCUT2D eigenvalue weighted by Gasteiger charge is -2.43. The van der Waals surface area contributed by atoms with Gasteiger partial charge in [0.1, 0.15) is 5.75 Å². The van der Waals surface area contributed by atoms with Crippen LogP contribution in [-0.2, 0) is 5.54 Å². The first-order chi connectivity index (χ1) is 8.58. The van der Waals surface area contributed by atoms with Crippen LogP contribution in [0, 0.1) is 11.8 Å². The number of benzene rings is 1. The van der Waals surface area contributed by atoms with Crippen molar-refractivity contribution in [2.24, 2.45) is 17.6 Å². The third-order valence-electron chi connectivity index (χ3n) is 4.60. The Morgan fingerprint density at radius 2 is 2.17 bits per heavy atom. The number of nitrogens with two attached hydrogens (primary N) is 1. The van der Waals surface area contributed by atoms with E-state index in [0.29, 0.717) is 18.4 Å². The van der Waals surface area contributed by atoms with Crippen molar-refractivity contribution in [3.63, 3.8) is 0 Å². The summed E-state index contributed by atoms with van der Waals surface area (Å²) >= 11 is 0. The molecule has 0 bridgehead atoms. The second-order valence-corrected chi connectivity index (χ2v) is 5.66. The van der Waals surface area contributed by atoms with Crippen LogP contribution in [0.3, 0.4) is 0 Å². The van der Waals surface area contributed by atoms with Gasteiger partial charge in [0.25, 0.3) is 0 Å². The fourth-order valence-electron chi connectivity index (χ4n) is 3.15. The van der Waals surface area contributed by atoms with E-state index < -0.39 is 0 Å². The van der Waals surface area contributed by atoms with Crippen molar-refractivity contribution in [2.75, 3.05) is 6.61 Å². The van der Waals surface area contributed by atoms with Crippen molar-refractivity contribution < 1.29 is 4.74 Å². The molecule has 1 fully saturated rings. The lowest BCUT2D eigenvalue weighted by Crippen LogP contribution is -2.48. The van der Waals surface area contributed by atoms with E-state index in [4.69, 9.17) is 10.5 Å². The largest absolute Gasteiger partial charge is 0.494 e. The van der Waals surface area contributed by atoms with Crippen LogP contribution in [0.25, 0.3) is 0 Å². The number of hydrogen-bond acceptors (Lipinski definition) is 2. The van der Waals surface area contributed by atoms with Gasteiger partial charge in [-0.2, -0.15) is 0 Å². The second-order valence-electron chi connectivity index (χ2n) is 5.66. The average Bonchev–Trinajstić information content (AvgIpc) is 2.37. The van der Waals surface area contributed by atoms with Crippen molar-refractivity contribution in [1.29, 1.82) is 0 Å². The van der Waals surface area contributed by atoms with Crippen molar-refractivity contribution in [3.8, 4) is 5.75 Å². The van der Waals surface area contributed by atoms with Gasteiger partial charge in [-0.1, -0.05) is 38.8 Å². The predicted octanol–water partition coefficient (Wildman–Crippen LogP) is 3.70. The molecule has 0 aromatic heterocycles. The summed E-state index contributed by atoms with van der Waals surface area (Å²) in [6.07, 6.45) is 3.60. The highest BCUT2D eigenvalue weighted by atomic mass is 16.5. The van der Waals surface area contributed by atoms with Crippen LogP contribution in [0.5, 0.6) is 5.75 Å². The van der Waals surface area contributed by atoms with Gasteiger partial charge < -0.3 is 10.5 Å². The Hall–Kier alpha value is -1.02. The zero-order valence-electron chi connectivity index (χ0n) is 11.8. The first-order valence-electron chi connectivity index (χ1n) is 7.10. The smallest absolute Gasteiger partial charge is 0.119 e. The Bertz CT molecular complexity index is 404. The van der Waals surface area contributed by atoms with Crippen LogP contribution in [0.1, 0.15) is 45.6 Å². The topological polar surface area (TPSA) is 35.2 Å². The quantitative estimate of drug-likeness (QED) is 0.884. The molecule has 2 N–H and O–H groups in total. The molecule has 1 aromatic carbocycles. The van der Waals surface area contributed by atoms with Crippen LogP contribution in [0.15, 0.2) is 24.3 Å². The molecule has 1 aromatic rings. The molecular formula is C16H25NO. The highest BCUT2D eigenvalue weighted by Crippen LogP contribution is 2.43. The standard InChI is InChI=1S/C16H25NO/c1-4-18-15-9-5-8-14(11-15)16(17)10-6-7-12(2)13(16)3/h5,8-9,11-13H,4,6-7,10,17H2,1-3H3. The van der Waals surface area contributed by atoms with Gasteiger partial charge in [-0.3, -0.25) is 0 Å². The van der Waals surface area contributed by atoms with Crippen molar-refractivity contribution in [2.45, 2.75) is 45.6 Å². The molecule has 2 rings (SSSR count). The Kier molecular flexibility index (Phi) is 3.96. The van der Waals surface area contributed by atoms with Crippen molar-refractivity contribution in [1.82, 2.24) is 0 Å². The van der Waals surface area contributed by atoms with E-state index in [1.165, 1.54) is 18.4 Å². The van der Waals surface area contributed by atoms with E-state index in [-0.39, 0.29) is 5.54 Å². The fraction of sp³-hybridized carbons (Fsp3) is 0.625. The second kappa shape index (κ2) is 5.31. The molecule has 0 aliphatic heterocycles. The van der Waals surface area contributed by atoms with Gasteiger partial charge in [0.05, 0.1) is 6.61 Å². The third-order valence-corrected chi connectivity index (χ3v) is 4.60.